The van der Waals surface area contributed by atoms with Crippen LogP contribution in [0.2, 0.25) is 10.0 Å². The van der Waals surface area contributed by atoms with Gasteiger partial charge in [-0.25, -0.2) is 8.42 Å². The number of piperidine rings is 1. The maximum Gasteiger partial charge on any atom is 0.229 e. The van der Waals surface area contributed by atoms with Crippen LogP contribution in [0, 0.1) is 11.3 Å². The van der Waals surface area contributed by atoms with Gasteiger partial charge >= 0.3 is 0 Å². The van der Waals surface area contributed by atoms with Crippen LogP contribution in [-0.4, -0.2) is 42.4 Å². The first-order valence-electron chi connectivity index (χ1n) is 13.9. The molecule has 0 spiro atoms. The van der Waals surface area contributed by atoms with Crippen LogP contribution in [-0.2, 0) is 21.4 Å². The van der Waals surface area contributed by atoms with Gasteiger partial charge in [0.25, 0.3) is 0 Å². The number of benzene rings is 2. The van der Waals surface area contributed by atoms with E-state index in [1.807, 2.05) is 77.9 Å². The van der Waals surface area contributed by atoms with E-state index in [2.05, 4.69) is 12.6 Å². The van der Waals surface area contributed by atoms with Crippen molar-refractivity contribution < 1.29 is 13.2 Å². The van der Waals surface area contributed by atoms with E-state index in [4.69, 9.17) is 23.2 Å². The minimum Gasteiger partial charge on any atom is -0.330 e. The third kappa shape index (κ3) is 6.75. The normalized spacial score (nSPS) is 24.0. The fraction of sp³-hybridized carbons (Fsp3) is 0.406. The Morgan fingerprint density at radius 3 is 2.41 bits per heavy atom. The van der Waals surface area contributed by atoms with Crippen molar-refractivity contribution in [2.24, 2.45) is 11.3 Å². The highest BCUT2D eigenvalue weighted by atomic mass is 35.5. The van der Waals surface area contributed by atoms with E-state index >= 15 is 0 Å². The second kappa shape index (κ2) is 12.2. The summed E-state index contributed by atoms with van der Waals surface area (Å²) in [5.74, 6) is 0.187. The van der Waals surface area contributed by atoms with Crippen LogP contribution in [0.25, 0.3) is 0 Å². The summed E-state index contributed by atoms with van der Waals surface area (Å²) in [6, 6.07) is 18.9. The number of carbonyl (C=O) groups is 1. The van der Waals surface area contributed by atoms with Gasteiger partial charge in [-0.3, -0.25) is 4.79 Å². The molecule has 1 aliphatic heterocycles. The summed E-state index contributed by atoms with van der Waals surface area (Å²) in [5, 5.41) is 3.22. The first-order chi connectivity index (χ1) is 19.5. The van der Waals surface area contributed by atoms with Gasteiger partial charge in [0.05, 0.1) is 17.7 Å². The number of hydrogen-bond donors (Lipinski definition) is 0. The highest BCUT2D eigenvalue weighted by Gasteiger charge is 2.53. The molecule has 9 heteroatoms. The van der Waals surface area contributed by atoms with Crippen LogP contribution in [0.3, 0.4) is 0 Å². The molecular weight excluding hydrogens is 595 g/mol. The molecule has 5 rings (SSSR count). The number of halogens is 2. The molecule has 1 saturated carbocycles. The van der Waals surface area contributed by atoms with Gasteiger partial charge in [-0.2, -0.15) is 4.31 Å². The number of thiophene rings is 1. The Hall–Kier alpha value is -2.16. The molecule has 218 valence electrons. The average Bonchev–Trinajstić information content (AvgIpc) is 3.63. The topological polar surface area (TPSA) is 57.7 Å². The van der Waals surface area contributed by atoms with Crippen LogP contribution in [0.4, 0.5) is 0 Å². The highest BCUT2D eigenvalue weighted by Crippen LogP contribution is 2.54. The standard InChI is InChI=1S/C32H36Cl2N2O3S2/c1-4-16-32(2)19-28(24-7-5-8-26(34)18-24)30(23-12-14-25(33)15-13-23)36(31(32)37)29(22-10-11-22)21-35(41(3,38)39)20-27-9-6-17-40-27/h4-9,12-15,17-18,22,28-30H,1,10-11,16,19-21H2,2-3H3/t28-,29+,30-,32+/m1/s1. The highest BCUT2D eigenvalue weighted by molar-refractivity contribution is 7.88. The monoisotopic (exact) mass is 630 g/mol. The van der Waals surface area contributed by atoms with E-state index < -0.39 is 15.4 Å². The molecule has 41 heavy (non-hydrogen) atoms. The molecule has 1 aliphatic carbocycles. The second-order valence-electron chi connectivity index (χ2n) is 11.7. The Kier molecular flexibility index (Phi) is 9.03. The molecule has 0 radical (unpaired) electrons. The number of nitrogens with zero attached hydrogens (tertiary/aromatic N) is 2. The van der Waals surface area contributed by atoms with Crippen molar-refractivity contribution in [1.82, 2.24) is 9.21 Å². The number of carbonyl (C=O) groups excluding carboxylic acids is 1. The zero-order valence-corrected chi connectivity index (χ0v) is 26.5. The molecule has 2 fully saturated rings. The third-order valence-corrected chi connectivity index (χ3v) is 11.0. The van der Waals surface area contributed by atoms with Crippen LogP contribution in [0.15, 0.2) is 78.7 Å². The van der Waals surface area contributed by atoms with Crippen molar-refractivity contribution in [3.8, 4) is 0 Å². The van der Waals surface area contributed by atoms with Crippen LogP contribution < -0.4 is 0 Å². The summed E-state index contributed by atoms with van der Waals surface area (Å²) in [7, 11) is -3.54. The van der Waals surface area contributed by atoms with E-state index in [1.165, 1.54) is 17.6 Å². The van der Waals surface area contributed by atoms with Gasteiger partial charge in [0.15, 0.2) is 0 Å². The molecule has 0 unspecified atom stereocenters. The van der Waals surface area contributed by atoms with Gasteiger partial charge < -0.3 is 4.90 Å². The summed E-state index contributed by atoms with van der Waals surface area (Å²) in [6.45, 7) is 6.52. The van der Waals surface area contributed by atoms with E-state index in [9.17, 15) is 13.2 Å². The molecule has 0 bridgehead atoms. The Morgan fingerprint density at radius 1 is 1.10 bits per heavy atom. The minimum absolute atomic E-state index is 0.0390. The molecular formula is C32H36Cl2N2O3S2. The van der Waals surface area contributed by atoms with Crippen molar-refractivity contribution in [2.45, 2.75) is 57.2 Å². The lowest BCUT2D eigenvalue weighted by Gasteiger charge is -2.52. The number of allylic oxidation sites excluding steroid dienone is 1. The van der Waals surface area contributed by atoms with Crippen molar-refractivity contribution >= 4 is 50.5 Å². The van der Waals surface area contributed by atoms with Gasteiger partial charge in [-0.15, -0.1) is 17.9 Å². The minimum atomic E-state index is -3.54. The zero-order chi connectivity index (χ0) is 29.4. The van der Waals surface area contributed by atoms with Crippen molar-refractivity contribution in [3.05, 3.63) is 105 Å². The largest absolute Gasteiger partial charge is 0.330 e. The summed E-state index contributed by atoms with van der Waals surface area (Å²) in [6.07, 6.45) is 6.13. The molecule has 0 N–H and O–H groups in total. The fourth-order valence-corrected chi connectivity index (χ4v) is 8.22. The molecule has 1 saturated heterocycles. The number of rotatable bonds is 11. The maximum atomic E-state index is 14.7. The van der Waals surface area contributed by atoms with Crippen LogP contribution >= 0.6 is 34.5 Å². The fourth-order valence-electron chi connectivity index (χ4n) is 6.30. The first kappa shape index (κ1) is 30.3. The quantitative estimate of drug-likeness (QED) is 0.202. The molecule has 2 aliphatic rings. The zero-order valence-electron chi connectivity index (χ0n) is 23.4. The van der Waals surface area contributed by atoms with Crippen LogP contribution in [0.1, 0.15) is 60.6 Å². The van der Waals surface area contributed by atoms with E-state index in [-0.39, 0.29) is 42.9 Å². The molecule has 4 atom stereocenters. The summed E-state index contributed by atoms with van der Waals surface area (Å²) < 4.78 is 27.8. The number of amides is 1. The molecule has 2 heterocycles. The van der Waals surface area contributed by atoms with Gasteiger partial charge in [-0.1, -0.05) is 66.5 Å². The summed E-state index contributed by atoms with van der Waals surface area (Å²) >= 11 is 14.3. The van der Waals surface area contributed by atoms with Gasteiger partial charge in [0.1, 0.15) is 0 Å². The lowest BCUT2D eigenvalue weighted by Crippen LogP contribution is -2.58. The van der Waals surface area contributed by atoms with Crippen molar-refractivity contribution in [1.29, 1.82) is 0 Å². The van der Waals surface area contributed by atoms with Crippen molar-refractivity contribution in [3.63, 3.8) is 0 Å². The van der Waals surface area contributed by atoms with E-state index in [0.29, 0.717) is 22.9 Å². The van der Waals surface area contributed by atoms with Crippen LogP contribution in [0.5, 0.6) is 0 Å². The van der Waals surface area contributed by atoms with E-state index in [1.54, 1.807) is 4.31 Å². The smallest absolute Gasteiger partial charge is 0.229 e. The average molecular weight is 632 g/mol. The number of sulfonamides is 1. The molecule has 1 aromatic heterocycles. The first-order valence-corrected chi connectivity index (χ1v) is 17.4. The van der Waals surface area contributed by atoms with Gasteiger partial charge in [0.2, 0.25) is 15.9 Å². The van der Waals surface area contributed by atoms with Crippen molar-refractivity contribution in [2.75, 3.05) is 12.8 Å². The predicted octanol–water partition coefficient (Wildman–Crippen LogP) is 7.93. The maximum absolute atomic E-state index is 14.7. The van der Waals surface area contributed by atoms with E-state index in [0.717, 1.165) is 28.8 Å². The van der Waals surface area contributed by atoms with Gasteiger partial charge in [0, 0.05) is 40.0 Å². The number of likely N-dealkylation sites (tertiary alicyclic amines) is 1. The Morgan fingerprint density at radius 2 is 1.83 bits per heavy atom. The lowest BCUT2D eigenvalue weighted by atomic mass is 9.67. The summed E-state index contributed by atoms with van der Waals surface area (Å²) in [5.41, 5.74) is 1.33. The second-order valence-corrected chi connectivity index (χ2v) is 15.6. The SMILES string of the molecule is C=CC[C@@]1(C)C[C@H](c2cccc(Cl)c2)[C@@H](c2ccc(Cl)cc2)N([C@@H](CN(Cc2cccs2)S(C)(=O)=O)C2CC2)C1=O. The van der Waals surface area contributed by atoms with Gasteiger partial charge in [-0.05, 0) is 78.4 Å². The molecule has 1 amide bonds. The Labute approximate surface area is 257 Å². The lowest BCUT2D eigenvalue weighted by molar-refractivity contribution is -0.155. The molecule has 3 aromatic rings. The third-order valence-electron chi connectivity index (χ3n) is 8.48. The predicted molar refractivity (Wildman–Crippen MR) is 169 cm³/mol. The Bertz CT molecular complexity index is 1490. The molecule has 2 aromatic carbocycles. The Balaban J connectivity index is 1.65. The number of hydrogen-bond acceptors (Lipinski definition) is 4. The summed E-state index contributed by atoms with van der Waals surface area (Å²) in [4.78, 5) is 17.7. The molecule has 5 nitrogen and oxygen atoms in total.